The molecule has 0 aliphatic heterocycles. The van der Waals surface area contributed by atoms with E-state index in [-0.39, 0.29) is 0 Å². The summed E-state index contributed by atoms with van der Waals surface area (Å²) in [6.45, 7) is 3.28. The summed E-state index contributed by atoms with van der Waals surface area (Å²) in [5, 5.41) is 0. The van der Waals surface area contributed by atoms with Gasteiger partial charge in [0.05, 0.1) is 0 Å². The van der Waals surface area contributed by atoms with Gasteiger partial charge in [0, 0.05) is 5.50 Å². The molecule has 0 saturated heterocycles. The zero-order valence-electron chi connectivity index (χ0n) is 3.96. The second kappa shape index (κ2) is 2.33. The number of hydrogen-bond donors (Lipinski definition) is 0. The number of rotatable bonds is 1. The van der Waals surface area contributed by atoms with Crippen molar-refractivity contribution >= 4 is 33.6 Å². The van der Waals surface area contributed by atoms with Crippen molar-refractivity contribution in [2.45, 2.75) is 13.1 Å². The molecule has 0 heterocycles. The molecule has 0 unspecified atom stereocenters. The van der Waals surface area contributed by atoms with Crippen LogP contribution in [0, 0.1) is 0 Å². The van der Waals surface area contributed by atoms with Crippen LogP contribution in [-0.4, -0.2) is 12.2 Å². The zero-order valence-corrected chi connectivity index (χ0v) is 7.30. The van der Waals surface area contributed by atoms with Crippen molar-refractivity contribution in [2.24, 2.45) is 0 Å². The van der Waals surface area contributed by atoms with Gasteiger partial charge in [-0.25, -0.2) is 0 Å². The van der Waals surface area contributed by atoms with Crippen molar-refractivity contribution < 1.29 is 0 Å². The van der Waals surface area contributed by atoms with Crippen LogP contribution in [0.4, 0.5) is 0 Å². The van der Waals surface area contributed by atoms with Gasteiger partial charge in [0.1, 0.15) is 6.69 Å². The van der Waals surface area contributed by atoms with E-state index in [4.69, 9.17) is 11.6 Å². The number of hydrogen-bond acceptors (Lipinski definition) is 0. The van der Waals surface area contributed by atoms with E-state index >= 15 is 0 Å². The van der Waals surface area contributed by atoms with E-state index in [9.17, 15) is 0 Å². The van der Waals surface area contributed by atoms with Gasteiger partial charge in [-0.15, -0.1) is 26.9 Å². The second-order valence-electron chi connectivity index (χ2n) is 1.85. The molecule has 0 radical (unpaired) electrons. The van der Waals surface area contributed by atoms with Gasteiger partial charge in [0.2, 0.25) is 0 Å². The SMILES string of the molecule is C[Si](C)(Br)CCl. The van der Waals surface area contributed by atoms with Crippen LogP contribution in [0.2, 0.25) is 13.1 Å². The Bertz CT molecular complexity index is 40.5. The molecule has 0 bridgehead atoms. The Labute approximate surface area is 52.5 Å². The molecule has 3 heteroatoms. The highest BCUT2D eigenvalue weighted by atomic mass is 79.9. The molecule has 0 aromatic rings. The van der Waals surface area contributed by atoms with E-state index in [1.54, 1.807) is 0 Å². The van der Waals surface area contributed by atoms with Crippen LogP contribution in [0.15, 0.2) is 0 Å². The first-order valence-electron chi connectivity index (χ1n) is 1.81. The summed E-state index contributed by atoms with van der Waals surface area (Å²) in [5.41, 5.74) is 0.799. The van der Waals surface area contributed by atoms with Crippen molar-refractivity contribution in [1.29, 1.82) is 0 Å². The van der Waals surface area contributed by atoms with E-state index in [0.29, 0.717) is 0 Å². The third-order valence-electron chi connectivity index (χ3n) is 0.318. The first-order valence-corrected chi connectivity index (χ1v) is 7.81. The number of alkyl halides is 1. The summed E-state index contributed by atoms with van der Waals surface area (Å²) in [4.78, 5) is 0. The lowest BCUT2D eigenvalue weighted by Crippen LogP contribution is -2.17. The van der Waals surface area contributed by atoms with E-state index in [1.165, 1.54) is 0 Å². The van der Waals surface area contributed by atoms with Gasteiger partial charge in [0.25, 0.3) is 0 Å². The summed E-state index contributed by atoms with van der Waals surface area (Å²) in [6.07, 6.45) is 0. The monoisotopic (exact) mass is 186 g/mol. The van der Waals surface area contributed by atoms with Crippen LogP contribution in [0.3, 0.4) is 0 Å². The van der Waals surface area contributed by atoms with Gasteiger partial charge >= 0.3 is 0 Å². The molecule has 0 aliphatic rings. The Morgan fingerprint density at radius 1 is 1.67 bits per heavy atom. The summed E-state index contributed by atoms with van der Waals surface area (Å²) >= 11 is 8.98. The van der Waals surface area contributed by atoms with Crippen LogP contribution in [-0.2, 0) is 0 Å². The highest BCUT2D eigenvalue weighted by Gasteiger charge is 2.12. The van der Waals surface area contributed by atoms with Gasteiger partial charge < -0.3 is 0 Å². The molecule has 0 nitrogen and oxygen atoms in total. The van der Waals surface area contributed by atoms with Crippen molar-refractivity contribution in [3.05, 3.63) is 0 Å². The molecule has 0 N–H and O–H groups in total. The molecular weight excluding hydrogens is 179 g/mol. The summed E-state index contributed by atoms with van der Waals surface area (Å²) in [5.74, 6) is 0. The fraction of sp³-hybridized carbons (Fsp3) is 1.00. The predicted octanol–water partition coefficient (Wildman–Crippen LogP) is 2.36. The maximum absolute atomic E-state index is 5.49. The lowest BCUT2D eigenvalue weighted by atomic mass is 11.8. The largest absolute Gasteiger partial charge is 0.138 e. The van der Waals surface area contributed by atoms with Crippen LogP contribution in [0.25, 0.3) is 0 Å². The van der Waals surface area contributed by atoms with Gasteiger partial charge in [0.15, 0.2) is 0 Å². The molecule has 0 amide bonds. The smallest absolute Gasteiger partial charge is 0.129 e. The Morgan fingerprint density at radius 2 is 1.83 bits per heavy atom. The first-order chi connectivity index (χ1) is 2.56. The molecule has 0 aliphatic carbocycles. The molecule has 0 saturated carbocycles. The Balaban J connectivity index is 3.17. The van der Waals surface area contributed by atoms with Gasteiger partial charge in [-0.2, -0.15) is 0 Å². The van der Waals surface area contributed by atoms with Gasteiger partial charge in [-0.1, -0.05) is 13.1 Å². The molecule has 38 valence electrons. The van der Waals surface area contributed by atoms with E-state index in [1.807, 2.05) is 0 Å². The Hall–Kier alpha value is 0.987. The highest BCUT2D eigenvalue weighted by molar-refractivity contribution is 9.26. The lowest BCUT2D eigenvalue weighted by Gasteiger charge is -2.04. The quantitative estimate of drug-likeness (QED) is 0.336. The minimum Gasteiger partial charge on any atom is -0.129 e. The average molecular weight is 188 g/mol. The minimum atomic E-state index is -1.05. The highest BCUT2D eigenvalue weighted by Crippen LogP contribution is 2.10. The summed E-state index contributed by atoms with van der Waals surface area (Å²) in [6, 6.07) is 0. The molecule has 6 heavy (non-hydrogen) atoms. The molecule has 0 spiro atoms. The number of halogens is 2. The zero-order chi connectivity index (χ0) is 5.21. The Kier molecular flexibility index (Phi) is 2.72. The summed E-state index contributed by atoms with van der Waals surface area (Å²) < 4.78 is 0. The second-order valence-corrected chi connectivity index (χ2v) is 12.8. The van der Waals surface area contributed by atoms with Crippen LogP contribution < -0.4 is 0 Å². The summed E-state index contributed by atoms with van der Waals surface area (Å²) in [7, 11) is 0. The van der Waals surface area contributed by atoms with Crippen LogP contribution in [0.5, 0.6) is 0 Å². The average Bonchev–Trinajstić information content (AvgIpc) is 1.35. The normalized spacial score (nSPS) is 12.0. The first kappa shape index (κ1) is 6.99. The van der Waals surface area contributed by atoms with Gasteiger partial charge in [-0.3, -0.25) is 0 Å². The maximum atomic E-state index is 5.49. The molecule has 0 atom stereocenters. The van der Waals surface area contributed by atoms with E-state index in [2.05, 4.69) is 28.4 Å². The molecule has 0 aromatic carbocycles. The van der Waals surface area contributed by atoms with Crippen molar-refractivity contribution in [2.75, 3.05) is 5.50 Å². The fourth-order valence-electron chi connectivity index (χ4n) is 0. The van der Waals surface area contributed by atoms with Crippen molar-refractivity contribution in [3.63, 3.8) is 0 Å². The third-order valence-corrected chi connectivity index (χ3v) is 4.77. The van der Waals surface area contributed by atoms with Crippen LogP contribution in [0.1, 0.15) is 0 Å². The Morgan fingerprint density at radius 3 is 1.83 bits per heavy atom. The molecular formula is C3H8BrClSi. The molecule has 0 aromatic heterocycles. The lowest BCUT2D eigenvalue weighted by molar-refractivity contribution is 1.83. The van der Waals surface area contributed by atoms with Crippen molar-refractivity contribution in [1.82, 2.24) is 0 Å². The molecule has 0 fully saturated rings. The molecule has 0 rings (SSSR count). The van der Waals surface area contributed by atoms with Gasteiger partial charge in [-0.05, 0) is 0 Å². The van der Waals surface area contributed by atoms with Crippen LogP contribution >= 0.6 is 26.9 Å². The predicted molar refractivity (Wildman–Crippen MR) is 37.1 cm³/mol. The van der Waals surface area contributed by atoms with Crippen molar-refractivity contribution in [3.8, 4) is 0 Å². The fourth-order valence-corrected chi connectivity index (χ4v) is 0. The minimum absolute atomic E-state index is 0.799. The van der Waals surface area contributed by atoms with E-state index < -0.39 is 6.69 Å². The third kappa shape index (κ3) is 4.99. The van der Waals surface area contributed by atoms with E-state index in [0.717, 1.165) is 5.50 Å². The standard InChI is InChI=1S/C3H8BrClSi/c1-6(2,4)3-5/h3H2,1-2H3. The maximum Gasteiger partial charge on any atom is 0.138 e. The topological polar surface area (TPSA) is 0 Å².